The zero-order valence-electron chi connectivity index (χ0n) is 12.4. The highest BCUT2D eigenvalue weighted by Crippen LogP contribution is 2.31. The van der Waals surface area contributed by atoms with Crippen LogP contribution in [0.15, 0.2) is 16.7 Å². The Labute approximate surface area is 133 Å². The van der Waals surface area contributed by atoms with Gasteiger partial charge in [-0.3, -0.25) is 9.52 Å². The summed E-state index contributed by atoms with van der Waals surface area (Å²) in [5, 5.41) is 0. The molecule has 0 saturated carbocycles. The van der Waals surface area contributed by atoms with E-state index in [0.717, 1.165) is 6.26 Å². The van der Waals surface area contributed by atoms with Gasteiger partial charge in [0.2, 0.25) is 10.0 Å². The van der Waals surface area contributed by atoms with Gasteiger partial charge < -0.3 is 4.74 Å². The van der Waals surface area contributed by atoms with E-state index < -0.39 is 15.4 Å². The first kappa shape index (κ1) is 17.9. The lowest BCUT2D eigenvalue weighted by Crippen LogP contribution is -2.34. The molecule has 118 valence electrons. The number of halogens is 1. The van der Waals surface area contributed by atoms with E-state index in [0.29, 0.717) is 29.0 Å². The number of carbonyl (C=O) groups is 1. The minimum atomic E-state index is -3.39. The Hall–Kier alpha value is -1.15. The maximum absolute atomic E-state index is 12.1. The van der Waals surface area contributed by atoms with E-state index in [1.54, 1.807) is 26.0 Å². The third-order valence-electron chi connectivity index (χ3n) is 3.14. The molecule has 0 aliphatic carbocycles. The van der Waals surface area contributed by atoms with Crippen LogP contribution in [0.4, 0.5) is 5.69 Å². The Bertz CT molecular complexity index is 633. The number of nitrogens with one attached hydrogen (secondary N) is 1. The van der Waals surface area contributed by atoms with Gasteiger partial charge in [0.1, 0.15) is 10.0 Å². The second-order valence-electron chi connectivity index (χ2n) is 4.82. The molecular weight excluding hydrogens is 360 g/mol. The van der Waals surface area contributed by atoms with Crippen LogP contribution in [0.1, 0.15) is 32.9 Å². The molecule has 1 aromatic heterocycles. The molecule has 0 amide bonds. The van der Waals surface area contributed by atoms with Crippen LogP contribution < -0.4 is 4.72 Å². The highest BCUT2D eigenvalue weighted by molar-refractivity contribution is 9.10. The second-order valence-corrected chi connectivity index (χ2v) is 7.31. The minimum Gasteiger partial charge on any atom is -0.465 e. The molecule has 1 N–H and O–H groups in total. The van der Waals surface area contributed by atoms with Crippen molar-refractivity contribution in [2.75, 3.05) is 17.6 Å². The maximum atomic E-state index is 12.1. The molecule has 0 aromatic carbocycles. The van der Waals surface area contributed by atoms with Gasteiger partial charge in [0.05, 0.1) is 24.2 Å². The van der Waals surface area contributed by atoms with Crippen LogP contribution in [0.2, 0.25) is 0 Å². The summed E-state index contributed by atoms with van der Waals surface area (Å²) in [5.41, 5.74) is -0.0276. The smallest absolute Gasteiger partial charge is 0.317 e. The Kier molecular flexibility index (Phi) is 5.75. The lowest BCUT2D eigenvalue weighted by atomic mass is 9.83. The molecule has 1 rings (SSSR count). The Morgan fingerprint density at radius 3 is 2.48 bits per heavy atom. The van der Waals surface area contributed by atoms with Crippen LogP contribution >= 0.6 is 15.9 Å². The van der Waals surface area contributed by atoms with Gasteiger partial charge in [0, 0.05) is 0 Å². The number of hydrogen-bond donors (Lipinski definition) is 1. The van der Waals surface area contributed by atoms with Crippen molar-refractivity contribution in [2.45, 2.75) is 32.6 Å². The number of aromatic nitrogens is 1. The van der Waals surface area contributed by atoms with E-state index >= 15 is 0 Å². The number of nitrogens with zero attached hydrogens (tertiary/aromatic N) is 1. The number of carbonyl (C=O) groups excluding carboxylic acids is 1. The predicted octanol–water partition coefficient (Wildman–Crippen LogP) is 2.45. The summed E-state index contributed by atoms with van der Waals surface area (Å²) < 4.78 is 30.3. The molecule has 0 radical (unpaired) electrons. The summed E-state index contributed by atoms with van der Waals surface area (Å²) in [7, 11) is -3.39. The molecule has 0 fully saturated rings. The van der Waals surface area contributed by atoms with Gasteiger partial charge in [-0.2, -0.15) is 0 Å². The number of sulfonamides is 1. The van der Waals surface area contributed by atoms with E-state index in [1.807, 2.05) is 6.92 Å². The van der Waals surface area contributed by atoms with E-state index in [2.05, 4.69) is 25.6 Å². The Balaban J connectivity index is 3.20. The maximum Gasteiger partial charge on any atom is 0.317 e. The molecule has 21 heavy (non-hydrogen) atoms. The van der Waals surface area contributed by atoms with Gasteiger partial charge in [-0.05, 0) is 48.3 Å². The van der Waals surface area contributed by atoms with Gasteiger partial charge in [-0.1, -0.05) is 6.92 Å². The van der Waals surface area contributed by atoms with Gasteiger partial charge in [-0.15, -0.1) is 0 Å². The van der Waals surface area contributed by atoms with E-state index in [4.69, 9.17) is 4.74 Å². The number of hydrogen-bond acceptors (Lipinski definition) is 5. The summed E-state index contributed by atoms with van der Waals surface area (Å²) in [6, 6.07) is 3.19. The molecular formula is C13H19BrN2O4S. The molecule has 1 unspecified atom stereocenters. The summed E-state index contributed by atoms with van der Waals surface area (Å²) >= 11 is 3.22. The number of esters is 1. The van der Waals surface area contributed by atoms with E-state index in [1.165, 1.54) is 0 Å². The fraction of sp³-hybridized carbons (Fsp3) is 0.538. The van der Waals surface area contributed by atoms with Gasteiger partial charge >= 0.3 is 5.97 Å². The third-order valence-corrected chi connectivity index (χ3v) is 4.34. The van der Waals surface area contributed by atoms with Crippen LogP contribution in [-0.2, 0) is 25.0 Å². The zero-order valence-corrected chi connectivity index (χ0v) is 14.8. The first-order chi connectivity index (χ1) is 9.64. The quantitative estimate of drug-likeness (QED) is 0.606. The molecule has 8 heteroatoms. The average Bonchev–Trinajstić information content (AvgIpc) is 2.39. The lowest BCUT2D eigenvalue weighted by molar-refractivity contribution is -0.149. The summed E-state index contributed by atoms with van der Waals surface area (Å²) in [6.07, 6.45) is 1.58. The van der Waals surface area contributed by atoms with Crippen molar-refractivity contribution in [3.8, 4) is 0 Å². The predicted molar refractivity (Wildman–Crippen MR) is 84.7 cm³/mol. The number of anilines is 1. The van der Waals surface area contributed by atoms with Crippen molar-refractivity contribution in [1.29, 1.82) is 0 Å². The number of ether oxygens (including phenoxy) is 1. The van der Waals surface area contributed by atoms with E-state index in [9.17, 15) is 13.2 Å². The highest BCUT2D eigenvalue weighted by atomic mass is 79.9. The minimum absolute atomic E-state index is 0.295. The second kappa shape index (κ2) is 6.74. The van der Waals surface area contributed by atoms with Crippen LogP contribution in [0, 0.1) is 0 Å². The van der Waals surface area contributed by atoms with Crippen molar-refractivity contribution in [3.63, 3.8) is 0 Å². The molecule has 0 aliphatic rings. The first-order valence-electron chi connectivity index (χ1n) is 6.46. The molecule has 1 atom stereocenters. The van der Waals surface area contributed by atoms with Crippen molar-refractivity contribution < 1.29 is 17.9 Å². The Morgan fingerprint density at radius 2 is 2.05 bits per heavy atom. The highest BCUT2D eigenvalue weighted by Gasteiger charge is 2.36. The standard InChI is InChI=1S/C13H19BrN2O4S/c1-5-13(3,12(17)20-6-2)10-8-7-9(11(14)15-10)16-21(4,18)19/h7-8,16H,5-6H2,1-4H3. The van der Waals surface area contributed by atoms with Crippen LogP contribution in [-0.4, -0.2) is 32.2 Å². The van der Waals surface area contributed by atoms with Crippen molar-refractivity contribution in [1.82, 2.24) is 4.98 Å². The topological polar surface area (TPSA) is 85.4 Å². The fourth-order valence-corrected chi connectivity index (χ4v) is 2.86. The number of pyridine rings is 1. The molecule has 0 spiro atoms. The summed E-state index contributed by atoms with van der Waals surface area (Å²) in [6.45, 7) is 5.67. The molecule has 0 aliphatic heterocycles. The lowest BCUT2D eigenvalue weighted by Gasteiger charge is -2.25. The first-order valence-corrected chi connectivity index (χ1v) is 9.14. The van der Waals surface area contributed by atoms with E-state index in [-0.39, 0.29) is 5.97 Å². The van der Waals surface area contributed by atoms with Crippen LogP contribution in [0.5, 0.6) is 0 Å². The largest absolute Gasteiger partial charge is 0.465 e. The van der Waals surface area contributed by atoms with Crippen LogP contribution in [0.25, 0.3) is 0 Å². The SMILES string of the molecule is CCOC(=O)C(C)(CC)c1ccc(NS(C)(=O)=O)c(Br)n1. The monoisotopic (exact) mass is 378 g/mol. The average molecular weight is 379 g/mol. The molecule has 1 aromatic rings. The van der Waals surface area contributed by atoms with Crippen molar-refractivity contribution >= 4 is 37.6 Å². The molecule has 1 heterocycles. The normalized spacial score (nSPS) is 14.3. The van der Waals surface area contributed by atoms with Crippen molar-refractivity contribution in [2.24, 2.45) is 0 Å². The summed E-state index contributed by atoms with van der Waals surface area (Å²) in [4.78, 5) is 16.4. The molecule has 0 saturated heterocycles. The van der Waals surface area contributed by atoms with Gasteiger partial charge in [0.15, 0.2) is 0 Å². The van der Waals surface area contributed by atoms with Gasteiger partial charge in [0.25, 0.3) is 0 Å². The van der Waals surface area contributed by atoms with Gasteiger partial charge in [-0.25, -0.2) is 13.4 Å². The fourth-order valence-electron chi connectivity index (χ4n) is 1.74. The van der Waals surface area contributed by atoms with Crippen LogP contribution in [0.3, 0.4) is 0 Å². The van der Waals surface area contributed by atoms with Crippen molar-refractivity contribution in [3.05, 3.63) is 22.4 Å². The zero-order chi connectivity index (χ0) is 16.3. The third kappa shape index (κ3) is 4.41. The molecule has 0 bridgehead atoms. The number of rotatable bonds is 6. The summed E-state index contributed by atoms with van der Waals surface area (Å²) in [5.74, 6) is -0.351. The molecule has 6 nitrogen and oxygen atoms in total. The Morgan fingerprint density at radius 1 is 1.43 bits per heavy atom.